The van der Waals surface area contributed by atoms with Crippen LogP contribution in [0.25, 0.3) is 0 Å². The zero-order valence-electron chi connectivity index (χ0n) is 13.4. The van der Waals surface area contributed by atoms with Crippen molar-refractivity contribution < 1.29 is 27.2 Å². The third kappa shape index (κ3) is 3.68. The third-order valence-electron chi connectivity index (χ3n) is 4.15. The number of rotatable bonds is 4. The second kappa shape index (κ2) is 6.44. The molecule has 1 aliphatic carbocycles. The van der Waals surface area contributed by atoms with Crippen LogP contribution in [0.3, 0.4) is 0 Å². The number of amides is 2. The lowest BCUT2D eigenvalue weighted by atomic mass is 10.0. The first-order chi connectivity index (χ1) is 12.2. The summed E-state index contributed by atoms with van der Waals surface area (Å²) in [6.07, 6.45) is -4.01. The Hall–Kier alpha value is -2.90. The molecule has 1 aliphatic rings. The molecular formula is C18H14F4N2O2. The molecule has 2 aromatic carbocycles. The van der Waals surface area contributed by atoms with Crippen LogP contribution in [0.4, 0.5) is 28.9 Å². The van der Waals surface area contributed by atoms with E-state index in [4.69, 9.17) is 0 Å². The third-order valence-corrected chi connectivity index (χ3v) is 4.15. The second-order valence-corrected chi connectivity index (χ2v) is 6.08. The maximum absolute atomic E-state index is 13.2. The molecule has 2 aromatic rings. The van der Waals surface area contributed by atoms with Crippen LogP contribution in [0.1, 0.15) is 18.4 Å². The highest BCUT2D eigenvalue weighted by molar-refractivity contribution is 6.16. The molecule has 0 aliphatic heterocycles. The van der Waals surface area contributed by atoms with Gasteiger partial charge in [0.15, 0.2) is 0 Å². The molecule has 136 valence electrons. The molecule has 0 unspecified atom stereocenters. The topological polar surface area (TPSA) is 58.2 Å². The molecule has 0 bridgehead atoms. The van der Waals surface area contributed by atoms with Gasteiger partial charge in [-0.3, -0.25) is 9.59 Å². The first kappa shape index (κ1) is 17.9. The predicted molar refractivity (Wildman–Crippen MR) is 86.8 cm³/mol. The molecule has 0 aromatic heterocycles. The summed E-state index contributed by atoms with van der Waals surface area (Å²) in [4.78, 5) is 24.8. The van der Waals surface area contributed by atoms with Gasteiger partial charge in [-0.15, -0.1) is 0 Å². The number of anilines is 2. The molecule has 0 heterocycles. The summed E-state index contributed by atoms with van der Waals surface area (Å²) < 4.78 is 51.4. The van der Waals surface area contributed by atoms with Gasteiger partial charge in [0.2, 0.25) is 11.8 Å². The second-order valence-electron chi connectivity index (χ2n) is 6.08. The summed E-state index contributed by atoms with van der Waals surface area (Å²) in [7, 11) is 0. The lowest BCUT2D eigenvalue weighted by molar-refractivity contribution is -0.137. The minimum Gasteiger partial charge on any atom is -0.325 e. The Balaban J connectivity index is 1.72. The van der Waals surface area contributed by atoms with Crippen molar-refractivity contribution in [1.82, 2.24) is 0 Å². The van der Waals surface area contributed by atoms with Crippen molar-refractivity contribution in [3.63, 3.8) is 0 Å². The Morgan fingerprint density at radius 1 is 0.885 bits per heavy atom. The highest BCUT2D eigenvalue weighted by Gasteiger charge is 2.56. The van der Waals surface area contributed by atoms with Gasteiger partial charge in [0.1, 0.15) is 11.2 Å². The fraction of sp³-hybridized carbons (Fsp3) is 0.222. The molecule has 0 atom stereocenters. The van der Waals surface area contributed by atoms with E-state index in [1.165, 1.54) is 30.3 Å². The maximum atomic E-state index is 13.2. The number of benzene rings is 2. The SMILES string of the molecule is O=C(Nc1cccc(F)c1)C1(C(=O)Nc2cccc(C(F)(F)F)c2)CC1. The van der Waals surface area contributed by atoms with Crippen LogP contribution in [0, 0.1) is 11.2 Å². The molecule has 2 amide bonds. The standard InChI is InChI=1S/C18H14F4N2O2/c19-12-4-2-6-14(10-12)24-16(26)17(7-8-17)15(25)23-13-5-1-3-11(9-13)18(20,21)22/h1-6,9-10H,7-8H2,(H,23,25)(H,24,26). The van der Waals surface area contributed by atoms with E-state index in [-0.39, 0.29) is 24.2 Å². The highest BCUT2D eigenvalue weighted by Crippen LogP contribution is 2.47. The number of hydrogen-bond acceptors (Lipinski definition) is 2. The van der Waals surface area contributed by atoms with Crippen LogP contribution in [0.15, 0.2) is 48.5 Å². The first-order valence-electron chi connectivity index (χ1n) is 7.76. The lowest BCUT2D eigenvalue weighted by Crippen LogP contribution is -2.35. The summed E-state index contributed by atoms with van der Waals surface area (Å²) in [6, 6.07) is 9.38. The Morgan fingerprint density at radius 2 is 1.42 bits per heavy atom. The van der Waals surface area contributed by atoms with Crippen LogP contribution < -0.4 is 10.6 Å². The normalized spacial score (nSPS) is 15.2. The van der Waals surface area contributed by atoms with E-state index in [0.717, 1.165) is 18.2 Å². The van der Waals surface area contributed by atoms with E-state index in [9.17, 15) is 27.2 Å². The van der Waals surface area contributed by atoms with Crippen LogP contribution in [-0.4, -0.2) is 11.8 Å². The van der Waals surface area contributed by atoms with Crippen LogP contribution in [0.2, 0.25) is 0 Å². The van der Waals surface area contributed by atoms with Crippen LogP contribution in [-0.2, 0) is 15.8 Å². The van der Waals surface area contributed by atoms with Gasteiger partial charge in [0.05, 0.1) is 5.56 Å². The van der Waals surface area contributed by atoms with E-state index < -0.39 is 34.8 Å². The van der Waals surface area contributed by atoms with Gasteiger partial charge in [-0.25, -0.2) is 4.39 Å². The summed E-state index contributed by atoms with van der Waals surface area (Å²) in [6.45, 7) is 0. The van der Waals surface area contributed by atoms with E-state index in [0.29, 0.717) is 0 Å². The minimum atomic E-state index is -4.53. The van der Waals surface area contributed by atoms with Gasteiger partial charge in [-0.2, -0.15) is 13.2 Å². The Kier molecular flexibility index (Phi) is 4.43. The molecule has 4 nitrogen and oxygen atoms in total. The molecule has 1 saturated carbocycles. The van der Waals surface area contributed by atoms with Crippen molar-refractivity contribution in [2.24, 2.45) is 5.41 Å². The Labute approximate surface area is 146 Å². The van der Waals surface area contributed by atoms with Gasteiger partial charge >= 0.3 is 6.18 Å². The fourth-order valence-electron chi connectivity index (χ4n) is 2.52. The number of nitrogens with one attached hydrogen (secondary N) is 2. The van der Waals surface area contributed by atoms with E-state index in [1.807, 2.05) is 0 Å². The smallest absolute Gasteiger partial charge is 0.325 e. The van der Waals surface area contributed by atoms with E-state index in [1.54, 1.807) is 0 Å². The van der Waals surface area contributed by atoms with Crippen molar-refractivity contribution in [1.29, 1.82) is 0 Å². The molecule has 0 spiro atoms. The van der Waals surface area contributed by atoms with Crippen LogP contribution >= 0.6 is 0 Å². The minimum absolute atomic E-state index is 0.0466. The zero-order valence-corrected chi connectivity index (χ0v) is 13.4. The lowest BCUT2D eigenvalue weighted by Gasteiger charge is -2.16. The average Bonchev–Trinajstić information content (AvgIpc) is 3.36. The quantitative estimate of drug-likeness (QED) is 0.629. The number of halogens is 4. The summed E-state index contributed by atoms with van der Waals surface area (Å²) in [5.41, 5.74) is -2.10. The van der Waals surface area contributed by atoms with Crippen LogP contribution in [0.5, 0.6) is 0 Å². The number of carbonyl (C=O) groups is 2. The molecule has 3 rings (SSSR count). The summed E-state index contributed by atoms with van der Waals surface area (Å²) >= 11 is 0. The Bertz CT molecular complexity index is 860. The molecule has 2 N–H and O–H groups in total. The number of carbonyl (C=O) groups excluding carboxylic acids is 2. The average molecular weight is 366 g/mol. The predicted octanol–water partition coefficient (Wildman–Crippen LogP) is 4.20. The van der Waals surface area contributed by atoms with Crippen molar-refractivity contribution in [2.75, 3.05) is 10.6 Å². The van der Waals surface area contributed by atoms with Crippen molar-refractivity contribution in [2.45, 2.75) is 19.0 Å². The van der Waals surface area contributed by atoms with E-state index >= 15 is 0 Å². The van der Waals surface area contributed by atoms with Gasteiger partial charge < -0.3 is 10.6 Å². The van der Waals surface area contributed by atoms with Gasteiger partial charge in [-0.1, -0.05) is 12.1 Å². The molecule has 26 heavy (non-hydrogen) atoms. The first-order valence-corrected chi connectivity index (χ1v) is 7.76. The van der Waals surface area contributed by atoms with E-state index in [2.05, 4.69) is 10.6 Å². The van der Waals surface area contributed by atoms with Gasteiger partial charge in [-0.05, 0) is 49.2 Å². The van der Waals surface area contributed by atoms with Gasteiger partial charge in [0.25, 0.3) is 0 Å². The maximum Gasteiger partial charge on any atom is 0.416 e. The van der Waals surface area contributed by atoms with Crippen molar-refractivity contribution >= 4 is 23.2 Å². The molecular weight excluding hydrogens is 352 g/mol. The molecule has 0 saturated heterocycles. The zero-order chi connectivity index (χ0) is 18.9. The molecule has 0 radical (unpaired) electrons. The number of alkyl halides is 3. The number of hydrogen-bond donors (Lipinski definition) is 2. The summed E-state index contributed by atoms with van der Waals surface area (Å²) in [5.74, 6) is -1.85. The Morgan fingerprint density at radius 3 is 1.92 bits per heavy atom. The molecule has 1 fully saturated rings. The largest absolute Gasteiger partial charge is 0.416 e. The fourth-order valence-corrected chi connectivity index (χ4v) is 2.52. The monoisotopic (exact) mass is 366 g/mol. The van der Waals surface area contributed by atoms with Gasteiger partial charge in [0, 0.05) is 11.4 Å². The highest BCUT2D eigenvalue weighted by atomic mass is 19.4. The summed E-state index contributed by atoms with van der Waals surface area (Å²) in [5, 5.41) is 4.83. The van der Waals surface area contributed by atoms with Crippen molar-refractivity contribution in [3.05, 3.63) is 59.9 Å². The van der Waals surface area contributed by atoms with Crippen molar-refractivity contribution in [3.8, 4) is 0 Å². The molecule has 8 heteroatoms.